The molecule has 0 spiro atoms. The van der Waals surface area contributed by atoms with E-state index in [4.69, 9.17) is 9.97 Å². The lowest BCUT2D eigenvalue weighted by molar-refractivity contribution is 0.102. The fraction of sp³-hybridized carbons (Fsp3) is 0.182. The number of nitrogens with zero attached hydrogens (tertiary/aromatic N) is 4. The lowest BCUT2D eigenvalue weighted by Crippen LogP contribution is -2.47. The lowest BCUT2D eigenvalue weighted by Gasteiger charge is -2.36. The quantitative estimate of drug-likeness (QED) is 0.251. The molecule has 6 rings (SSSR count). The van der Waals surface area contributed by atoms with Crippen LogP contribution in [0.15, 0.2) is 97.1 Å². The van der Waals surface area contributed by atoms with Crippen LogP contribution in [0.5, 0.6) is 0 Å². The van der Waals surface area contributed by atoms with Crippen molar-refractivity contribution < 1.29 is 9.18 Å². The average molecular weight is 547 g/mol. The Kier molecular flexibility index (Phi) is 7.45. The van der Waals surface area contributed by atoms with Crippen molar-refractivity contribution in [1.29, 1.82) is 0 Å². The molecule has 206 valence electrons. The minimum absolute atomic E-state index is 0.282. The normalized spacial score (nSPS) is 13.3. The minimum atomic E-state index is -0.372. The first-order valence-corrected chi connectivity index (χ1v) is 13.7. The number of nitrogens with one attached hydrogen (secondary N) is 2. The molecule has 5 aromatic rings. The summed E-state index contributed by atoms with van der Waals surface area (Å²) in [7, 11) is 0. The number of benzene rings is 4. The monoisotopic (exact) mass is 546 g/mol. The van der Waals surface area contributed by atoms with Crippen molar-refractivity contribution >= 4 is 40.0 Å². The third-order valence-corrected chi connectivity index (χ3v) is 7.30. The van der Waals surface area contributed by atoms with Gasteiger partial charge >= 0.3 is 0 Å². The summed E-state index contributed by atoms with van der Waals surface area (Å²) >= 11 is 0. The van der Waals surface area contributed by atoms with Crippen molar-refractivity contribution in [1.82, 2.24) is 9.97 Å². The van der Waals surface area contributed by atoms with Gasteiger partial charge in [-0.15, -0.1) is 0 Å². The Morgan fingerprint density at radius 2 is 1.54 bits per heavy atom. The van der Waals surface area contributed by atoms with Gasteiger partial charge in [-0.1, -0.05) is 36.4 Å². The number of fused-ring (bicyclic) bond motifs is 1. The zero-order chi connectivity index (χ0) is 28.2. The van der Waals surface area contributed by atoms with Crippen molar-refractivity contribution in [2.75, 3.05) is 46.6 Å². The maximum Gasteiger partial charge on any atom is 0.255 e. The number of rotatable bonds is 7. The molecule has 0 radical (unpaired) electrons. The van der Waals surface area contributed by atoms with Crippen molar-refractivity contribution in [3.63, 3.8) is 0 Å². The van der Waals surface area contributed by atoms with Gasteiger partial charge in [0.2, 0.25) is 5.95 Å². The Hall–Kier alpha value is -4.98. The summed E-state index contributed by atoms with van der Waals surface area (Å²) in [6.07, 6.45) is 0. The fourth-order valence-corrected chi connectivity index (χ4v) is 5.00. The summed E-state index contributed by atoms with van der Waals surface area (Å²) in [5.74, 6) is 0.875. The van der Waals surface area contributed by atoms with Gasteiger partial charge in [-0.3, -0.25) is 4.79 Å². The van der Waals surface area contributed by atoms with Crippen LogP contribution in [-0.4, -0.2) is 42.1 Å². The Morgan fingerprint density at radius 1 is 0.829 bits per heavy atom. The van der Waals surface area contributed by atoms with Crippen LogP contribution in [0.2, 0.25) is 0 Å². The fourth-order valence-electron chi connectivity index (χ4n) is 5.00. The van der Waals surface area contributed by atoms with E-state index in [2.05, 4.69) is 69.8 Å². The Morgan fingerprint density at radius 3 is 2.27 bits per heavy atom. The number of para-hydroxylation sites is 1. The van der Waals surface area contributed by atoms with E-state index in [-0.39, 0.29) is 11.7 Å². The zero-order valence-corrected chi connectivity index (χ0v) is 22.8. The van der Waals surface area contributed by atoms with Crippen LogP contribution in [0.1, 0.15) is 21.5 Å². The lowest BCUT2D eigenvalue weighted by atomic mass is 10.1. The average Bonchev–Trinajstić information content (AvgIpc) is 3.01. The highest BCUT2D eigenvalue weighted by Gasteiger charge is 2.21. The van der Waals surface area contributed by atoms with E-state index in [1.54, 1.807) is 0 Å². The van der Waals surface area contributed by atoms with E-state index in [0.717, 1.165) is 60.0 Å². The predicted molar refractivity (Wildman–Crippen MR) is 163 cm³/mol. The van der Waals surface area contributed by atoms with Crippen molar-refractivity contribution in [2.24, 2.45) is 0 Å². The van der Waals surface area contributed by atoms with Crippen molar-refractivity contribution in [3.8, 4) is 0 Å². The molecule has 1 amide bonds. The van der Waals surface area contributed by atoms with Crippen LogP contribution < -0.4 is 20.4 Å². The van der Waals surface area contributed by atoms with Gasteiger partial charge in [-0.25, -0.2) is 9.37 Å². The van der Waals surface area contributed by atoms with Gasteiger partial charge in [0.05, 0.1) is 5.52 Å². The van der Waals surface area contributed by atoms with Gasteiger partial charge in [-0.2, -0.15) is 4.98 Å². The number of carbonyl (C=O) groups is 1. The molecule has 4 aromatic carbocycles. The van der Waals surface area contributed by atoms with Crippen molar-refractivity contribution in [2.45, 2.75) is 13.5 Å². The van der Waals surface area contributed by atoms with Crippen LogP contribution in [0, 0.1) is 12.7 Å². The highest BCUT2D eigenvalue weighted by molar-refractivity contribution is 6.04. The first-order chi connectivity index (χ1) is 20.0. The molecule has 0 atom stereocenters. The van der Waals surface area contributed by atoms with Gasteiger partial charge in [0.25, 0.3) is 5.91 Å². The molecule has 0 saturated carbocycles. The molecule has 41 heavy (non-hydrogen) atoms. The first kappa shape index (κ1) is 26.3. The van der Waals surface area contributed by atoms with E-state index in [9.17, 15) is 9.18 Å². The van der Waals surface area contributed by atoms with E-state index in [1.165, 1.54) is 30.0 Å². The van der Waals surface area contributed by atoms with Gasteiger partial charge in [0.15, 0.2) is 0 Å². The summed E-state index contributed by atoms with van der Waals surface area (Å²) in [6, 6.07) is 29.9. The molecule has 1 aliphatic rings. The third kappa shape index (κ3) is 6.11. The summed E-state index contributed by atoms with van der Waals surface area (Å²) in [4.78, 5) is 27.0. The number of piperazine rings is 1. The van der Waals surface area contributed by atoms with E-state index in [1.807, 2.05) is 30.3 Å². The van der Waals surface area contributed by atoms with Crippen LogP contribution in [0.3, 0.4) is 0 Å². The van der Waals surface area contributed by atoms with Gasteiger partial charge in [-0.05, 0) is 78.7 Å². The number of halogens is 1. The zero-order valence-electron chi connectivity index (χ0n) is 22.8. The number of aromatic nitrogens is 2. The molecule has 1 saturated heterocycles. The number of aryl methyl sites for hydroxylation is 1. The minimum Gasteiger partial charge on any atom is -0.368 e. The van der Waals surface area contributed by atoms with Crippen LogP contribution in [0.25, 0.3) is 10.9 Å². The highest BCUT2D eigenvalue weighted by Crippen LogP contribution is 2.27. The van der Waals surface area contributed by atoms with Crippen LogP contribution in [-0.2, 0) is 6.54 Å². The molecule has 1 fully saturated rings. The summed E-state index contributed by atoms with van der Waals surface area (Å²) in [5.41, 5.74) is 5.43. The first-order valence-electron chi connectivity index (χ1n) is 13.7. The third-order valence-electron chi connectivity index (χ3n) is 7.30. The molecule has 0 unspecified atom stereocenters. The van der Waals surface area contributed by atoms with Crippen molar-refractivity contribution in [3.05, 3.63) is 120 Å². The Balaban J connectivity index is 1.15. The molecule has 1 aromatic heterocycles. The highest BCUT2D eigenvalue weighted by atomic mass is 19.1. The number of hydrogen-bond donors (Lipinski definition) is 2. The predicted octanol–water partition coefficient (Wildman–Crippen LogP) is 6.27. The SMILES string of the molecule is Cc1ccc2c(NCc3ccc(NC(=O)c4ccc(F)cc4)cc3)nc(N3CCN(c4ccccc4)CC3)nc2c1. The van der Waals surface area contributed by atoms with Crippen LogP contribution >= 0.6 is 0 Å². The standard InChI is InChI=1S/C33H31FN6O/c1-23-7-16-29-30(21-23)37-33(40-19-17-39(18-20-40)28-5-3-2-4-6-28)38-31(29)35-22-24-8-14-27(15-9-24)36-32(41)25-10-12-26(34)13-11-25/h2-16,21H,17-20,22H2,1H3,(H,36,41)(H,35,37,38). The van der Waals surface area contributed by atoms with Gasteiger partial charge < -0.3 is 20.4 Å². The number of carbonyl (C=O) groups excluding carboxylic acids is 1. The maximum atomic E-state index is 13.2. The van der Waals surface area contributed by atoms with Gasteiger partial charge in [0.1, 0.15) is 11.6 Å². The maximum absolute atomic E-state index is 13.2. The number of amides is 1. The summed E-state index contributed by atoms with van der Waals surface area (Å²) < 4.78 is 13.2. The van der Waals surface area contributed by atoms with E-state index in [0.29, 0.717) is 17.8 Å². The van der Waals surface area contributed by atoms with Crippen LogP contribution in [0.4, 0.5) is 27.5 Å². The molecule has 0 bridgehead atoms. The number of hydrogen-bond acceptors (Lipinski definition) is 6. The summed E-state index contributed by atoms with van der Waals surface area (Å²) in [5, 5.41) is 7.35. The Labute approximate surface area is 238 Å². The second-order valence-corrected chi connectivity index (χ2v) is 10.2. The van der Waals surface area contributed by atoms with E-state index >= 15 is 0 Å². The van der Waals surface area contributed by atoms with E-state index < -0.39 is 0 Å². The second-order valence-electron chi connectivity index (χ2n) is 10.2. The smallest absolute Gasteiger partial charge is 0.255 e. The molecule has 2 heterocycles. The molecular weight excluding hydrogens is 515 g/mol. The second kappa shape index (κ2) is 11.6. The Bertz CT molecular complexity index is 1650. The molecule has 2 N–H and O–H groups in total. The molecule has 1 aliphatic heterocycles. The summed E-state index contributed by atoms with van der Waals surface area (Å²) in [6.45, 7) is 6.14. The molecule has 7 nitrogen and oxygen atoms in total. The number of anilines is 4. The largest absolute Gasteiger partial charge is 0.368 e. The van der Waals surface area contributed by atoms with Gasteiger partial charge in [0, 0.05) is 55.0 Å². The topological polar surface area (TPSA) is 73.4 Å². The molecule has 0 aliphatic carbocycles. The molecule has 8 heteroatoms. The molecular formula is C33H31FN6O.